The standard InChI is InChI=1S/C53H36N6.C4H10/c1-53(2)44-21-13-12-20-38(44)39-30-42-40-28-35(36-22-24-46-41(29-36)43-32-54-27-26-48(43)58(46)37-18-10-5-11-19-37)23-25-47(40)59(49(42)31-45(39)53)52-56-50(33-14-6-3-7-15-33)55-51(57-52)34-16-8-4-9-17-34;1-3-4-2/h3-32H,1-2H3;3-4H2,1-2H3. The van der Waals surface area contributed by atoms with E-state index in [1.807, 2.05) is 48.8 Å². The molecule has 0 spiro atoms. The van der Waals surface area contributed by atoms with E-state index in [-0.39, 0.29) is 5.41 Å². The zero-order chi connectivity index (χ0) is 42.7. The topological polar surface area (TPSA) is 61.4 Å². The Morgan fingerprint density at radius 1 is 0.429 bits per heavy atom. The van der Waals surface area contributed by atoms with Gasteiger partial charge in [0.15, 0.2) is 11.6 Å². The summed E-state index contributed by atoms with van der Waals surface area (Å²) in [4.78, 5) is 20.1. The summed E-state index contributed by atoms with van der Waals surface area (Å²) in [6.07, 6.45) is 6.50. The summed E-state index contributed by atoms with van der Waals surface area (Å²) < 4.78 is 4.58. The molecule has 4 aromatic heterocycles. The molecule has 11 aromatic rings. The van der Waals surface area contributed by atoms with Crippen LogP contribution in [0.5, 0.6) is 0 Å². The first-order valence-electron chi connectivity index (χ1n) is 22.0. The Hall–Kier alpha value is -7.70. The molecule has 0 radical (unpaired) electrons. The lowest BCUT2D eigenvalue weighted by Gasteiger charge is -2.21. The predicted octanol–water partition coefficient (Wildman–Crippen LogP) is 14.6. The molecule has 6 heteroatoms. The third kappa shape index (κ3) is 6.32. The zero-order valence-corrected chi connectivity index (χ0v) is 35.9. The fourth-order valence-corrected chi connectivity index (χ4v) is 9.41. The maximum absolute atomic E-state index is 5.24. The largest absolute Gasteiger partial charge is 0.309 e. The predicted molar refractivity (Wildman–Crippen MR) is 261 cm³/mol. The van der Waals surface area contributed by atoms with E-state index in [0.717, 1.165) is 66.2 Å². The number of pyridine rings is 1. The first kappa shape index (κ1) is 38.2. The highest BCUT2D eigenvalue weighted by atomic mass is 15.2. The van der Waals surface area contributed by atoms with E-state index >= 15 is 0 Å². The van der Waals surface area contributed by atoms with Crippen molar-refractivity contribution >= 4 is 43.6 Å². The van der Waals surface area contributed by atoms with Crippen LogP contribution in [0.3, 0.4) is 0 Å². The van der Waals surface area contributed by atoms with Crippen molar-refractivity contribution in [1.82, 2.24) is 29.1 Å². The Bertz CT molecular complexity index is 3430. The van der Waals surface area contributed by atoms with Crippen molar-refractivity contribution in [3.63, 3.8) is 0 Å². The van der Waals surface area contributed by atoms with Gasteiger partial charge in [-0.25, -0.2) is 4.98 Å². The van der Waals surface area contributed by atoms with Crippen LogP contribution in [-0.2, 0) is 5.41 Å². The van der Waals surface area contributed by atoms with Crippen LogP contribution < -0.4 is 0 Å². The molecule has 304 valence electrons. The molecule has 0 bridgehead atoms. The number of aromatic nitrogens is 6. The van der Waals surface area contributed by atoms with Crippen molar-refractivity contribution in [3.05, 3.63) is 193 Å². The second kappa shape index (κ2) is 15.3. The second-order valence-corrected chi connectivity index (χ2v) is 17.0. The number of benzene rings is 7. The highest BCUT2D eigenvalue weighted by Gasteiger charge is 2.36. The van der Waals surface area contributed by atoms with E-state index in [1.54, 1.807) is 0 Å². The van der Waals surface area contributed by atoms with Gasteiger partial charge in [0.05, 0.1) is 22.1 Å². The van der Waals surface area contributed by atoms with Crippen molar-refractivity contribution in [3.8, 4) is 56.7 Å². The molecular weight excluding hydrogens is 769 g/mol. The minimum atomic E-state index is -0.181. The molecule has 0 amide bonds. The monoisotopic (exact) mass is 814 g/mol. The highest BCUT2D eigenvalue weighted by molar-refractivity contribution is 6.14. The van der Waals surface area contributed by atoms with Crippen LogP contribution in [0.25, 0.3) is 100 Å². The third-order valence-electron chi connectivity index (χ3n) is 12.8. The summed E-state index contributed by atoms with van der Waals surface area (Å²) in [6, 6.07) is 60.3. The molecule has 63 heavy (non-hydrogen) atoms. The lowest BCUT2D eigenvalue weighted by atomic mass is 9.82. The van der Waals surface area contributed by atoms with Gasteiger partial charge in [0.25, 0.3) is 0 Å². The van der Waals surface area contributed by atoms with Gasteiger partial charge < -0.3 is 4.57 Å². The highest BCUT2D eigenvalue weighted by Crippen LogP contribution is 2.51. The molecule has 1 aliphatic rings. The number of nitrogens with zero attached hydrogens (tertiary/aromatic N) is 6. The van der Waals surface area contributed by atoms with E-state index in [9.17, 15) is 0 Å². The van der Waals surface area contributed by atoms with Gasteiger partial charge in [0, 0.05) is 56.2 Å². The molecule has 0 atom stereocenters. The zero-order valence-electron chi connectivity index (χ0n) is 35.9. The first-order chi connectivity index (χ1) is 30.9. The number of hydrogen-bond acceptors (Lipinski definition) is 4. The van der Waals surface area contributed by atoms with Gasteiger partial charge in [-0.2, -0.15) is 9.97 Å². The first-order valence-corrected chi connectivity index (χ1v) is 22.0. The van der Waals surface area contributed by atoms with Crippen molar-refractivity contribution in [2.75, 3.05) is 0 Å². The maximum atomic E-state index is 5.24. The van der Waals surface area contributed by atoms with Crippen LogP contribution in [0.1, 0.15) is 51.7 Å². The van der Waals surface area contributed by atoms with Crippen molar-refractivity contribution in [2.45, 2.75) is 46.0 Å². The van der Waals surface area contributed by atoms with Crippen LogP contribution >= 0.6 is 0 Å². The lowest BCUT2D eigenvalue weighted by molar-refractivity contribution is 0.661. The summed E-state index contributed by atoms with van der Waals surface area (Å²) >= 11 is 0. The Morgan fingerprint density at radius 2 is 0.968 bits per heavy atom. The summed E-state index contributed by atoms with van der Waals surface area (Å²) in [5.41, 5.74) is 14.7. The minimum Gasteiger partial charge on any atom is -0.309 e. The molecule has 0 saturated heterocycles. The Morgan fingerprint density at radius 3 is 1.60 bits per heavy atom. The molecule has 0 saturated carbocycles. The molecule has 6 nitrogen and oxygen atoms in total. The molecule has 12 rings (SSSR count). The Kier molecular flexibility index (Phi) is 9.31. The van der Waals surface area contributed by atoms with Gasteiger partial charge in [-0.15, -0.1) is 0 Å². The summed E-state index contributed by atoms with van der Waals surface area (Å²) in [6.45, 7) is 9.03. The average Bonchev–Trinajstić information content (AvgIpc) is 3.93. The molecule has 0 fully saturated rings. The maximum Gasteiger partial charge on any atom is 0.238 e. The SMILES string of the molecule is CC1(C)c2ccccc2-c2cc3c4cc(-c5ccc6c(c5)c5cnccc5n6-c5ccccc5)ccc4n(-c4nc(-c5ccccc5)nc(-c5ccccc5)n4)c3cc21.CCCC. The lowest BCUT2D eigenvalue weighted by Crippen LogP contribution is -2.15. The van der Waals surface area contributed by atoms with Gasteiger partial charge >= 0.3 is 0 Å². The van der Waals surface area contributed by atoms with Gasteiger partial charge in [0.1, 0.15) is 0 Å². The number of rotatable bonds is 6. The fraction of sp³-hybridized carbons (Fsp3) is 0.123. The smallest absolute Gasteiger partial charge is 0.238 e. The molecule has 1 aliphatic carbocycles. The van der Waals surface area contributed by atoms with Crippen LogP contribution in [0.2, 0.25) is 0 Å². The fourth-order valence-electron chi connectivity index (χ4n) is 9.41. The van der Waals surface area contributed by atoms with Gasteiger partial charge in [-0.05, 0) is 88.0 Å². The molecule has 7 aromatic carbocycles. The number of para-hydroxylation sites is 1. The minimum absolute atomic E-state index is 0.181. The molecule has 4 heterocycles. The summed E-state index contributed by atoms with van der Waals surface area (Å²) in [5.74, 6) is 1.85. The second-order valence-electron chi connectivity index (χ2n) is 17.0. The van der Waals surface area contributed by atoms with E-state index in [0.29, 0.717) is 17.6 Å². The summed E-state index contributed by atoms with van der Waals surface area (Å²) in [7, 11) is 0. The van der Waals surface area contributed by atoms with Crippen LogP contribution in [0, 0.1) is 0 Å². The number of fused-ring (bicyclic) bond motifs is 9. The normalized spacial score (nSPS) is 12.7. The Balaban J connectivity index is 0.00000107. The molecule has 0 N–H and O–H groups in total. The molecular formula is C57H46N6. The number of hydrogen-bond donors (Lipinski definition) is 0. The van der Waals surface area contributed by atoms with E-state index in [4.69, 9.17) is 15.0 Å². The van der Waals surface area contributed by atoms with Gasteiger partial charge in [-0.1, -0.05) is 156 Å². The van der Waals surface area contributed by atoms with Crippen LogP contribution in [0.15, 0.2) is 182 Å². The molecule has 0 unspecified atom stereocenters. The number of unbranched alkanes of at least 4 members (excludes halogenated alkanes) is 1. The van der Waals surface area contributed by atoms with Gasteiger partial charge in [0.2, 0.25) is 5.95 Å². The van der Waals surface area contributed by atoms with Crippen LogP contribution in [0.4, 0.5) is 0 Å². The average molecular weight is 815 g/mol. The quantitative estimate of drug-likeness (QED) is 0.168. The van der Waals surface area contributed by atoms with Crippen molar-refractivity contribution in [2.24, 2.45) is 0 Å². The third-order valence-corrected chi connectivity index (χ3v) is 12.8. The summed E-state index contributed by atoms with van der Waals surface area (Å²) in [5, 5.41) is 4.59. The van der Waals surface area contributed by atoms with E-state index in [1.165, 1.54) is 40.5 Å². The van der Waals surface area contributed by atoms with Crippen molar-refractivity contribution < 1.29 is 0 Å². The molecule has 0 aliphatic heterocycles. The van der Waals surface area contributed by atoms with E-state index < -0.39 is 0 Å². The van der Waals surface area contributed by atoms with Gasteiger partial charge in [-0.3, -0.25) is 9.55 Å². The van der Waals surface area contributed by atoms with Crippen molar-refractivity contribution in [1.29, 1.82) is 0 Å². The van der Waals surface area contributed by atoms with Crippen LogP contribution in [-0.4, -0.2) is 29.1 Å². The van der Waals surface area contributed by atoms with E-state index in [2.05, 4.69) is 175 Å². The Labute approximate surface area is 367 Å².